The van der Waals surface area contributed by atoms with Gasteiger partial charge in [0.15, 0.2) is 5.82 Å². The third-order valence-electron chi connectivity index (χ3n) is 3.30. The standard InChI is InChI=1S/C16H13BrFN3/c1-9-3-2-4-10(7-9)14-15(20-21-16(14)19)12-6-5-11(18)8-13(12)17/h2-8H,1H3,(H3,19,20,21). The van der Waals surface area contributed by atoms with Crippen LogP contribution in [0.15, 0.2) is 46.9 Å². The maximum absolute atomic E-state index is 13.3. The van der Waals surface area contributed by atoms with Crippen LogP contribution >= 0.6 is 15.9 Å². The Bertz CT molecular complexity index is 811. The first-order valence-electron chi connectivity index (χ1n) is 6.42. The van der Waals surface area contributed by atoms with E-state index in [0.29, 0.717) is 10.3 Å². The van der Waals surface area contributed by atoms with Crippen molar-refractivity contribution in [1.82, 2.24) is 10.2 Å². The van der Waals surface area contributed by atoms with Gasteiger partial charge in [0.2, 0.25) is 0 Å². The van der Waals surface area contributed by atoms with Gasteiger partial charge in [0.25, 0.3) is 0 Å². The Morgan fingerprint density at radius 3 is 2.71 bits per heavy atom. The van der Waals surface area contributed by atoms with Crippen LogP contribution in [0.25, 0.3) is 22.4 Å². The van der Waals surface area contributed by atoms with Gasteiger partial charge < -0.3 is 5.73 Å². The molecular weight excluding hydrogens is 333 g/mol. The van der Waals surface area contributed by atoms with Crippen LogP contribution in [-0.4, -0.2) is 10.2 Å². The predicted octanol–water partition coefficient (Wildman–Crippen LogP) is 4.54. The minimum absolute atomic E-state index is 0.296. The number of nitrogen functional groups attached to an aromatic ring is 1. The lowest BCUT2D eigenvalue weighted by Gasteiger charge is -2.07. The number of hydrogen-bond donors (Lipinski definition) is 2. The monoisotopic (exact) mass is 345 g/mol. The molecule has 0 aliphatic rings. The molecule has 2 aromatic carbocycles. The van der Waals surface area contributed by atoms with Crippen LogP contribution in [0.1, 0.15) is 5.56 Å². The Kier molecular flexibility index (Phi) is 3.51. The molecule has 3 N–H and O–H groups in total. The minimum Gasteiger partial charge on any atom is -0.382 e. The van der Waals surface area contributed by atoms with Gasteiger partial charge in [-0.2, -0.15) is 5.10 Å². The second-order valence-electron chi connectivity index (χ2n) is 4.85. The number of halogens is 2. The third-order valence-corrected chi connectivity index (χ3v) is 3.96. The lowest BCUT2D eigenvalue weighted by molar-refractivity contribution is 0.627. The average molecular weight is 346 g/mol. The first-order valence-corrected chi connectivity index (χ1v) is 7.22. The lowest BCUT2D eigenvalue weighted by Crippen LogP contribution is -1.90. The molecule has 0 spiro atoms. The van der Waals surface area contributed by atoms with Gasteiger partial charge in [-0.1, -0.05) is 29.8 Å². The van der Waals surface area contributed by atoms with Gasteiger partial charge >= 0.3 is 0 Å². The van der Waals surface area contributed by atoms with Crippen LogP contribution in [0.2, 0.25) is 0 Å². The van der Waals surface area contributed by atoms with E-state index in [-0.39, 0.29) is 5.82 Å². The van der Waals surface area contributed by atoms with Crippen molar-refractivity contribution in [3.8, 4) is 22.4 Å². The molecule has 1 aromatic heterocycles. The summed E-state index contributed by atoms with van der Waals surface area (Å²) in [5.74, 6) is 0.127. The molecule has 0 saturated carbocycles. The zero-order chi connectivity index (χ0) is 15.0. The van der Waals surface area contributed by atoms with Gasteiger partial charge in [0.05, 0.1) is 11.3 Å². The normalized spacial score (nSPS) is 10.8. The van der Waals surface area contributed by atoms with Crippen LogP contribution in [0.5, 0.6) is 0 Å². The van der Waals surface area contributed by atoms with E-state index in [4.69, 9.17) is 5.73 Å². The number of nitrogens with two attached hydrogens (primary N) is 1. The van der Waals surface area contributed by atoms with Crippen molar-refractivity contribution in [3.05, 3.63) is 58.3 Å². The number of aromatic amines is 1. The number of anilines is 1. The van der Waals surface area contributed by atoms with Crippen molar-refractivity contribution in [1.29, 1.82) is 0 Å². The fraction of sp³-hybridized carbons (Fsp3) is 0.0625. The van der Waals surface area contributed by atoms with E-state index in [1.165, 1.54) is 12.1 Å². The average Bonchev–Trinajstić information content (AvgIpc) is 2.80. The number of nitrogens with one attached hydrogen (secondary N) is 1. The van der Waals surface area contributed by atoms with Crippen molar-refractivity contribution < 1.29 is 4.39 Å². The zero-order valence-electron chi connectivity index (χ0n) is 11.3. The molecule has 1 heterocycles. The van der Waals surface area contributed by atoms with E-state index in [2.05, 4.69) is 26.1 Å². The Morgan fingerprint density at radius 2 is 2.00 bits per heavy atom. The molecule has 106 valence electrons. The number of aryl methyl sites for hydroxylation is 1. The van der Waals surface area contributed by atoms with E-state index in [0.717, 1.165) is 27.9 Å². The summed E-state index contributed by atoms with van der Waals surface area (Å²) in [7, 11) is 0. The second kappa shape index (κ2) is 5.33. The molecule has 3 aromatic rings. The molecular formula is C16H13BrFN3. The molecule has 5 heteroatoms. The number of nitrogens with zero attached hydrogens (tertiary/aromatic N) is 1. The molecule has 0 bridgehead atoms. The van der Waals surface area contributed by atoms with Crippen LogP contribution in [0, 0.1) is 12.7 Å². The summed E-state index contributed by atoms with van der Waals surface area (Å²) in [5.41, 5.74) is 10.5. The van der Waals surface area contributed by atoms with E-state index in [9.17, 15) is 4.39 Å². The summed E-state index contributed by atoms with van der Waals surface area (Å²) in [6.45, 7) is 2.02. The summed E-state index contributed by atoms with van der Waals surface area (Å²) in [6.07, 6.45) is 0. The Hall–Kier alpha value is -2.14. The fourth-order valence-corrected chi connectivity index (χ4v) is 2.89. The highest BCUT2D eigenvalue weighted by molar-refractivity contribution is 9.10. The summed E-state index contributed by atoms with van der Waals surface area (Å²) >= 11 is 3.39. The molecule has 0 atom stereocenters. The van der Waals surface area contributed by atoms with E-state index in [1.54, 1.807) is 6.07 Å². The summed E-state index contributed by atoms with van der Waals surface area (Å²) in [6, 6.07) is 12.6. The first kappa shape index (κ1) is 13.8. The molecule has 3 nitrogen and oxygen atoms in total. The maximum Gasteiger partial charge on any atom is 0.153 e. The van der Waals surface area contributed by atoms with Crippen LogP contribution in [0.4, 0.5) is 10.2 Å². The van der Waals surface area contributed by atoms with Crippen molar-refractivity contribution in [2.24, 2.45) is 0 Å². The molecule has 0 amide bonds. The van der Waals surface area contributed by atoms with E-state index >= 15 is 0 Å². The van der Waals surface area contributed by atoms with E-state index < -0.39 is 0 Å². The number of benzene rings is 2. The van der Waals surface area contributed by atoms with Gasteiger partial charge in [-0.05, 0) is 46.6 Å². The largest absolute Gasteiger partial charge is 0.382 e. The smallest absolute Gasteiger partial charge is 0.153 e. The highest BCUT2D eigenvalue weighted by Crippen LogP contribution is 2.38. The summed E-state index contributed by atoms with van der Waals surface area (Å²) in [4.78, 5) is 0. The van der Waals surface area contributed by atoms with Crippen molar-refractivity contribution in [2.75, 3.05) is 5.73 Å². The number of aromatic nitrogens is 2. The molecule has 0 radical (unpaired) electrons. The van der Waals surface area contributed by atoms with Gasteiger partial charge in [0, 0.05) is 10.0 Å². The second-order valence-corrected chi connectivity index (χ2v) is 5.71. The predicted molar refractivity (Wildman–Crippen MR) is 86.3 cm³/mol. The molecule has 0 saturated heterocycles. The molecule has 0 unspecified atom stereocenters. The highest BCUT2D eigenvalue weighted by Gasteiger charge is 2.17. The molecule has 0 fully saturated rings. The van der Waals surface area contributed by atoms with Gasteiger partial charge in [0.1, 0.15) is 5.82 Å². The Balaban J connectivity index is 2.22. The first-order chi connectivity index (χ1) is 10.1. The number of H-pyrrole nitrogens is 1. The fourth-order valence-electron chi connectivity index (χ4n) is 2.34. The van der Waals surface area contributed by atoms with Crippen LogP contribution < -0.4 is 5.73 Å². The van der Waals surface area contributed by atoms with Gasteiger partial charge in [-0.25, -0.2) is 4.39 Å². The highest BCUT2D eigenvalue weighted by atomic mass is 79.9. The summed E-state index contributed by atoms with van der Waals surface area (Å²) < 4.78 is 13.9. The van der Waals surface area contributed by atoms with Crippen LogP contribution in [-0.2, 0) is 0 Å². The topological polar surface area (TPSA) is 54.7 Å². The van der Waals surface area contributed by atoms with Gasteiger partial charge in [-0.15, -0.1) is 0 Å². The van der Waals surface area contributed by atoms with Crippen molar-refractivity contribution >= 4 is 21.7 Å². The molecule has 21 heavy (non-hydrogen) atoms. The van der Waals surface area contributed by atoms with Crippen molar-refractivity contribution in [2.45, 2.75) is 6.92 Å². The third kappa shape index (κ3) is 2.56. The maximum atomic E-state index is 13.3. The quantitative estimate of drug-likeness (QED) is 0.716. The molecule has 0 aliphatic heterocycles. The lowest BCUT2D eigenvalue weighted by atomic mass is 9.99. The summed E-state index contributed by atoms with van der Waals surface area (Å²) in [5, 5.41) is 7.04. The molecule has 0 aliphatic carbocycles. The van der Waals surface area contributed by atoms with Crippen LogP contribution in [0.3, 0.4) is 0 Å². The SMILES string of the molecule is Cc1cccc(-c2c(N)n[nH]c2-c2ccc(F)cc2Br)c1. The minimum atomic E-state index is -0.296. The Labute approximate surface area is 130 Å². The number of rotatable bonds is 2. The zero-order valence-corrected chi connectivity index (χ0v) is 12.9. The number of hydrogen-bond acceptors (Lipinski definition) is 2. The Morgan fingerprint density at radius 1 is 1.19 bits per heavy atom. The van der Waals surface area contributed by atoms with Gasteiger partial charge in [-0.3, -0.25) is 5.10 Å². The van der Waals surface area contributed by atoms with E-state index in [1.807, 2.05) is 31.2 Å². The van der Waals surface area contributed by atoms with Crippen molar-refractivity contribution in [3.63, 3.8) is 0 Å². The molecule has 3 rings (SSSR count).